The average Bonchev–Trinajstić information content (AvgIpc) is 3.72. The summed E-state index contributed by atoms with van der Waals surface area (Å²) in [6.45, 7) is 3.68. The van der Waals surface area contributed by atoms with Crippen LogP contribution in [0.25, 0.3) is 6.08 Å². The SMILES string of the molecule is CCCC(=O)N1C(Cc2ccc(OC)cc2)C(=O)N(c2ccc(/C=C(\NC(=O)C3(CCNC(C)=O)CCCC3)C(=O)O)cc2)C1c1ccccc1. The number of nitrogens with zero attached hydrogens (tertiary/aromatic N) is 2. The van der Waals surface area contributed by atoms with Crippen LogP contribution in [-0.2, 0) is 30.4 Å². The molecule has 1 aliphatic carbocycles. The number of hydrogen-bond acceptors (Lipinski definition) is 6. The number of carbonyl (C=O) groups is 5. The fourth-order valence-electron chi connectivity index (χ4n) is 7.15. The Labute approximate surface area is 298 Å². The predicted octanol–water partition coefficient (Wildman–Crippen LogP) is 5.61. The number of methoxy groups -OCH3 is 1. The van der Waals surface area contributed by atoms with Gasteiger partial charge in [0.2, 0.25) is 17.7 Å². The van der Waals surface area contributed by atoms with E-state index in [1.807, 2.05) is 61.5 Å². The Kier molecular flexibility index (Phi) is 11.9. The summed E-state index contributed by atoms with van der Waals surface area (Å²) >= 11 is 0. The highest BCUT2D eigenvalue weighted by Gasteiger charge is 2.49. The van der Waals surface area contributed by atoms with Gasteiger partial charge in [0.05, 0.1) is 12.5 Å². The number of benzene rings is 3. The van der Waals surface area contributed by atoms with Gasteiger partial charge in [0.15, 0.2) is 0 Å². The molecule has 1 heterocycles. The van der Waals surface area contributed by atoms with Gasteiger partial charge in [-0.25, -0.2) is 4.79 Å². The van der Waals surface area contributed by atoms with Gasteiger partial charge in [-0.2, -0.15) is 0 Å². The van der Waals surface area contributed by atoms with Gasteiger partial charge in [-0.1, -0.05) is 74.4 Å². The van der Waals surface area contributed by atoms with Crippen molar-refractivity contribution in [3.8, 4) is 5.75 Å². The van der Waals surface area contributed by atoms with Gasteiger partial charge < -0.3 is 25.4 Å². The molecule has 1 saturated heterocycles. The largest absolute Gasteiger partial charge is 0.497 e. The Hall–Kier alpha value is -5.45. The van der Waals surface area contributed by atoms with Gasteiger partial charge in [-0.3, -0.25) is 24.1 Å². The molecule has 2 atom stereocenters. The number of anilines is 1. The van der Waals surface area contributed by atoms with Crippen LogP contribution in [0.3, 0.4) is 0 Å². The summed E-state index contributed by atoms with van der Waals surface area (Å²) in [4.78, 5) is 68.8. The molecule has 1 aliphatic heterocycles. The minimum absolute atomic E-state index is 0.126. The number of carboxylic acids is 1. The van der Waals surface area contributed by atoms with Crippen molar-refractivity contribution in [2.45, 2.75) is 77.4 Å². The van der Waals surface area contributed by atoms with Crippen LogP contribution in [0.1, 0.15) is 81.6 Å². The second-order valence-corrected chi connectivity index (χ2v) is 13.2. The third-order valence-electron chi connectivity index (χ3n) is 9.78. The van der Waals surface area contributed by atoms with E-state index in [0.29, 0.717) is 55.6 Å². The molecule has 3 aromatic carbocycles. The van der Waals surface area contributed by atoms with Crippen molar-refractivity contribution in [3.63, 3.8) is 0 Å². The van der Waals surface area contributed by atoms with Gasteiger partial charge in [-0.15, -0.1) is 0 Å². The van der Waals surface area contributed by atoms with E-state index in [0.717, 1.165) is 24.0 Å². The monoisotopic (exact) mass is 694 g/mol. The van der Waals surface area contributed by atoms with Crippen LogP contribution in [0.5, 0.6) is 5.75 Å². The van der Waals surface area contributed by atoms with Gasteiger partial charge in [-0.05, 0) is 72.7 Å². The molecule has 51 heavy (non-hydrogen) atoms. The highest BCUT2D eigenvalue weighted by Crippen LogP contribution is 2.42. The average molecular weight is 695 g/mol. The van der Waals surface area contributed by atoms with Crippen LogP contribution in [-0.4, -0.2) is 59.3 Å². The van der Waals surface area contributed by atoms with Crippen LogP contribution in [0.4, 0.5) is 5.69 Å². The number of nitrogens with one attached hydrogen (secondary N) is 2. The highest BCUT2D eigenvalue weighted by atomic mass is 16.5. The van der Waals surface area contributed by atoms with E-state index >= 15 is 0 Å². The van der Waals surface area contributed by atoms with E-state index in [1.54, 1.807) is 41.2 Å². The first-order valence-corrected chi connectivity index (χ1v) is 17.5. The number of ether oxygens (including phenoxy) is 1. The normalized spacial score (nSPS) is 18.4. The maximum Gasteiger partial charge on any atom is 0.352 e. The van der Waals surface area contributed by atoms with Crippen LogP contribution >= 0.6 is 0 Å². The molecular weight excluding hydrogens is 648 g/mol. The lowest BCUT2D eigenvalue weighted by atomic mass is 9.81. The van der Waals surface area contributed by atoms with Crippen molar-refractivity contribution in [1.82, 2.24) is 15.5 Å². The molecule has 2 fully saturated rings. The lowest BCUT2D eigenvalue weighted by molar-refractivity contribution is -0.137. The maximum absolute atomic E-state index is 14.4. The van der Waals surface area contributed by atoms with Crippen molar-refractivity contribution in [1.29, 1.82) is 0 Å². The first kappa shape index (κ1) is 36.8. The van der Waals surface area contributed by atoms with E-state index in [-0.39, 0.29) is 35.7 Å². The van der Waals surface area contributed by atoms with E-state index < -0.39 is 23.6 Å². The molecule has 4 amide bonds. The Bertz CT molecular complexity index is 1750. The molecule has 0 spiro atoms. The van der Waals surface area contributed by atoms with Crippen LogP contribution in [0, 0.1) is 5.41 Å². The Morgan fingerprint density at radius 1 is 0.961 bits per heavy atom. The standard InChI is InChI=1S/C40H46N4O7/c1-4-10-35(46)44-34(26-29-15-19-32(51-3)20-16-29)37(47)43(36(44)30-11-6-5-7-12-30)31-17-13-28(14-18-31)25-33(38(48)49)42-39(50)40(21-8-9-22-40)23-24-41-27(2)45/h5-7,11-20,25,34,36H,4,8-10,21-24,26H2,1-3H3,(H,41,45)(H,42,50)(H,48,49)/b33-25-. The summed E-state index contributed by atoms with van der Waals surface area (Å²) in [5, 5.41) is 15.4. The summed E-state index contributed by atoms with van der Waals surface area (Å²) in [5.41, 5.74) is 1.69. The molecule has 2 unspecified atom stereocenters. The molecule has 3 N–H and O–H groups in total. The summed E-state index contributed by atoms with van der Waals surface area (Å²) < 4.78 is 5.31. The zero-order valence-electron chi connectivity index (χ0n) is 29.4. The number of carboxylic acid groups (broad SMARTS) is 1. The Morgan fingerprint density at radius 3 is 2.22 bits per heavy atom. The first-order valence-electron chi connectivity index (χ1n) is 17.5. The predicted molar refractivity (Wildman–Crippen MR) is 193 cm³/mol. The molecule has 2 aliphatic rings. The molecule has 268 valence electrons. The summed E-state index contributed by atoms with van der Waals surface area (Å²) in [7, 11) is 1.59. The maximum atomic E-state index is 14.4. The Morgan fingerprint density at radius 2 is 1.63 bits per heavy atom. The minimum atomic E-state index is -1.28. The van der Waals surface area contributed by atoms with E-state index in [2.05, 4.69) is 10.6 Å². The van der Waals surface area contributed by atoms with Crippen molar-refractivity contribution in [3.05, 3.63) is 101 Å². The number of amides is 4. The van der Waals surface area contributed by atoms with Gasteiger partial charge >= 0.3 is 5.97 Å². The molecule has 5 rings (SSSR count). The topological polar surface area (TPSA) is 145 Å². The molecule has 1 saturated carbocycles. The van der Waals surface area contributed by atoms with E-state index in [9.17, 15) is 29.1 Å². The van der Waals surface area contributed by atoms with Crippen LogP contribution < -0.4 is 20.3 Å². The zero-order chi connectivity index (χ0) is 36.5. The quantitative estimate of drug-likeness (QED) is 0.186. The molecule has 11 nitrogen and oxygen atoms in total. The lowest BCUT2D eigenvalue weighted by Gasteiger charge is -2.32. The Balaban J connectivity index is 1.45. The van der Waals surface area contributed by atoms with Gasteiger partial charge in [0.25, 0.3) is 5.91 Å². The fraction of sp³-hybridized carbons (Fsp3) is 0.375. The molecule has 0 aromatic heterocycles. The van der Waals surface area contributed by atoms with E-state index in [1.165, 1.54) is 13.0 Å². The molecule has 11 heteroatoms. The van der Waals surface area contributed by atoms with E-state index in [4.69, 9.17) is 4.74 Å². The summed E-state index contributed by atoms with van der Waals surface area (Å²) in [6, 6.07) is 23.0. The zero-order valence-corrected chi connectivity index (χ0v) is 29.4. The molecule has 0 radical (unpaired) electrons. The fourth-order valence-corrected chi connectivity index (χ4v) is 7.15. The van der Waals surface area contributed by atoms with Crippen LogP contribution in [0.15, 0.2) is 84.6 Å². The lowest BCUT2D eigenvalue weighted by Crippen LogP contribution is -2.42. The minimum Gasteiger partial charge on any atom is -0.497 e. The van der Waals surface area contributed by atoms with Crippen LogP contribution in [0.2, 0.25) is 0 Å². The second kappa shape index (κ2) is 16.5. The second-order valence-electron chi connectivity index (χ2n) is 13.2. The molecule has 3 aromatic rings. The third-order valence-corrected chi connectivity index (χ3v) is 9.78. The van der Waals surface area contributed by atoms with Crippen molar-refractivity contribution in [2.75, 3.05) is 18.6 Å². The van der Waals surface area contributed by atoms with Crippen molar-refractivity contribution in [2.24, 2.45) is 5.41 Å². The number of aliphatic carboxylic acids is 1. The smallest absolute Gasteiger partial charge is 0.352 e. The van der Waals surface area contributed by atoms with Gasteiger partial charge in [0, 0.05) is 32.0 Å². The van der Waals surface area contributed by atoms with Crippen molar-refractivity contribution >= 4 is 41.4 Å². The van der Waals surface area contributed by atoms with Crippen molar-refractivity contribution < 1.29 is 33.8 Å². The summed E-state index contributed by atoms with van der Waals surface area (Å²) in [6.07, 6.45) is 5.27. The first-order chi connectivity index (χ1) is 24.6. The number of hydrogen-bond donors (Lipinski definition) is 3. The third kappa shape index (κ3) is 8.48. The number of rotatable bonds is 14. The summed E-state index contributed by atoms with van der Waals surface area (Å²) in [5.74, 6) is -1.50. The highest BCUT2D eigenvalue weighted by molar-refractivity contribution is 6.04. The molecular formula is C40H46N4O7. The molecule has 0 bridgehead atoms. The van der Waals surface area contributed by atoms with Gasteiger partial charge in [0.1, 0.15) is 23.7 Å². The number of carbonyl (C=O) groups excluding carboxylic acids is 4.